The Bertz CT molecular complexity index is 1390. The molecule has 2 aromatic heterocycles. The number of nitrogens with zero attached hydrogens (tertiary/aromatic N) is 3. The van der Waals surface area contributed by atoms with Crippen molar-refractivity contribution in [2.75, 3.05) is 35.4 Å². The van der Waals surface area contributed by atoms with Gasteiger partial charge in [-0.25, -0.2) is 4.98 Å². The van der Waals surface area contributed by atoms with Crippen molar-refractivity contribution in [1.29, 1.82) is 0 Å². The number of halogens is 1. The Morgan fingerprint density at radius 1 is 0.895 bits per heavy atom. The van der Waals surface area contributed by atoms with Gasteiger partial charge in [0.05, 0.1) is 32.4 Å². The first-order valence-electron chi connectivity index (χ1n) is 12.3. The molecule has 7 nitrogen and oxygen atoms in total. The summed E-state index contributed by atoms with van der Waals surface area (Å²) in [6.07, 6.45) is 0.636. The third-order valence-electron chi connectivity index (χ3n) is 6.84. The second-order valence-electron chi connectivity index (χ2n) is 9.74. The minimum Gasteiger partial charge on any atom is -0.481 e. The van der Waals surface area contributed by atoms with Gasteiger partial charge in [-0.2, -0.15) is 4.98 Å². The van der Waals surface area contributed by atoms with E-state index in [-0.39, 0.29) is 12.5 Å². The zero-order chi connectivity index (χ0) is 27.4. The smallest absolute Gasteiger partial charge is 0.216 e. The summed E-state index contributed by atoms with van der Waals surface area (Å²) in [5.74, 6) is 1.20. The lowest BCUT2D eigenvalue weighted by molar-refractivity contribution is 0.00292. The molecule has 2 unspecified atom stereocenters. The van der Waals surface area contributed by atoms with Crippen LogP contribution in [0.4, 0.5) is 0 Å². The van der Waals surface area contributed by atoms with Gasteiger partial charge >= 0.3 is 0 Å². The highest BCUT2D eigenvalue weighted by Gasteiger charge is 2.37. The van der Waals surface area contributed by atoms with Crippen LogP contribution in [-0.4, -0.2) is 55.4 Å². The Morgan fingerprint density at radius 2 is 1.55 bits per heavy atom. The molecular formula is C30H34BrN3O4. The number of fused-ring (bicyclic) bond motifs is 1. The van der Waals surface area contributed by atoms with E-state index < -0.39 is 5.60 Å². The number of benzene rings is 2. The Hall–Kier alpha value is -3.20. The van der Waals surface area contributed by atoms with Gasteiger partial charge in [-0.3, -0.25) is 0 Å². The van der Waals surface area contributed by atoms with Crippen LogP contribution in [0.5, 0.6) is 17.6 Å². The first-order valence-corrected chi connectivity index (χ1v) is 13.1. The number of aromatic nitrogens is 2. The van der Waals surface area contributed by atoms with Crippen molar-refractivity contribution in [2.24, 2.45) is 0 Å². The van der Waals surface area contributed by atoms with Gasteiger partial charge in [-0.1, -0.05) is 45.8 Å². The molecule has 0 amide bonds. The van der Waals surface area contributed by atoms with Crippen LogP contribution < -0.4 is 14.2 Å². The molecule has 2 heterocycles. The normalized spacial score (nSPS) is 13.8. The van der Waals surface area contributed by atoms with E-state index in [0.717, 1.165) is 26.5 Å². The highest BCUT2D eigenvalue weighted by molar-refractivity contribution is 9.10. The van der Waals surface area contributed by atoms with Crippen molar-refractivity contribution in [3.63, 3.8) is 0 Å². The minimum absolute atomic E-state index is 0.0840. The summed E-state index contributed by atoms with van der Waals surface area (Å²) in [4.78, 5) is 11.2. The van der Waals surface area contributed by atoms with E-state index >= 15 is 0 Å². The van der Waals surface area contributed by atoms with Gasteiger partial charge in [-0.05, 0) is 56.4 Å². The Labute approximate surface area is 232 Å². The summed E-state index contributed by atoms with van der Waals surface area (Å²) in [5, 5.41) is 13.5. The number of rotatable bonds is 10. The second kappa shape index (κ2) is 11.7. The summed E-state index contributed by atoms with van der Waals surface area (Å²) in [5.41, 5.74) is 3.18. The van der Waals surface area contributed by atoms with Crippen molar-refractivity contribution in [2.45, 2.75) is 31.4 Å². The molecule has 200 valence electrons. The fourth-order valence-electron chi connectivity index (χ4n) is 4.75. The van der Waals surface area contributed by atoms with Crippen molar-refractivity contribution in [3.05, 3.63) is 87.4 Å². The highest BCUT2D eigenvalue weighted by Crippen LogP contribution is 2.41. The molecule has 0 bridgehead atoms. The predicted molar refractivity (Wildman–Crippen MR) is 153 cm³/mol. The van der Waals surface area contributed by atoms with Gasteiger partial charge in [0, 0.05) is 46.4 Å². The lowest BCUT2D eigenvalue weighted by atomic mass is 9.80. The third kappa shape index (κ3) is 6.09. The molecule has 0 saturated heterocycles. The quantitative estimate of drug-likeness (QED) is 0.252. The Balaban J connectivity index is 1.87. The zero-order valence-electron chi connectivity index (χ0n) is 22.7. The number of aliphatic hydroxyl groups is 1. The van der Waals surface area contributed by atoms with Crippen molar-refractivity contribution in [1.82, 2.24) is 14.9 Å². The van der Waals surface area contributed by atoms with Crippen LogP contribution in [-0.2, 0) is 12.0 Å². The van der Waals surface area contributed by atoms with Gasteiger partial charge in [0.15, 0.2) is 0 Å². The lowest BCUT2D eigenvalue weighted by Crippen LogP contribution is -2.35. The van der Waals surface area contributed by atoms with E-state index in [0.29, 0.717) is 29.6 Å². The van der Waals surface area contributed by atoms with Crippen LogP contribution >= 0.6 is 15.9 Å². The van der Waals surface area contributed by atoms with E-state index in [1.54, 1.807) is 33.5 Å². The van der Waals surface area contributed by atoms with E-state index in [4.69, 9.17) is 19.2 Å². The molecule has 0 aliphatic rings. The Morgan fingerprint density at radius 3 is 2.13 bits per heavy atom. The van der Waals surface area contributed by atoms with E-state index in [9.17, 15) is 5.11 Å². The molecule has 0 spiro atoms. The second-order valence-corrected chi connectivity index (χ2v) is 10.7. The van der Waals surface area contributed by atoms with E-state index in [1.165, 1.54) is 5.56 Å². The van der Waals surface area contributed by atoms with Crippen LogP contribution in [0.1, 0.15) is 34.7 Å². The largest absolute Gasteiger partial charge is 0.481 e. The van der Waals surface area contributed by atoms with Gasteiger partial charge in [0.25, 0.3) is 0 Å². The summed E-state index contributed by atoms with van der Waals surface area (Å²) in [6.45, 7) is 2.07. The van der Waals surface area contributed by atoms with E-state index in [1.807, 2.05) is 38.4 Å². The molecule has 0 aliphatic carbocycles. The van der Waals surface area contributed by atoms with Crippen LogP contribution in [0.3, 0.4) is 0 Å². The maximum atomic E-state index is 12.6. The fourth-order valence-corrected chi connectivity index (χ4v) is 5.13. The summed E-state index contributed by atoms with van der Waals surface area (Å²) >= 11 is 3.55. The average Bonchev–Trinajstić information content (AvgIpc) is 2.91. The molecule has 1 N–H and O–H groups in total. The van der Waals surface area contributed by atoms with E-state index in [2.05, 4.69) is 57.0 Å². The van der Waals surface area contributed by atoms with Gasteiger partial charge in [0.2, 0.25) is 17.6 Å². The SMILES string of the molecule is COc1cc(C(O)(Cc2cc3cc(Br)ccc3nc2OC)CC(c2ccc(C)cc2)N(C)C)cc(OC)n1. The molecule has 0 fully saturated rings. The molecule has 0 saturated carbocycles. The molecule has 2 aromatic carbocycles. The van der Waals surface area contributed by atoms with Crippen molar-refractivity contribution >= 4 is 26.8 Å². The number of ether oxygens (including phenoxy) is 3. The summed E-state index contributed by atoms with van der Waals surface area (Å²) in [7, 11) is 8.74. The molecule has 38 heavy (non-hydrogen) atoms. The van der Waals surface area contributed by atoms with Gasteiger partial charge in [-0.15, -0.1) is 0 Å². The third-order valence-corrected chi connectivity index (χ3v) is 7.34. The highest BCUT2D eigenvalue weighted by atomic mass is 79.9. The number of methoxy groups -OCH3 is 3. The predicted octanol–water partition coefficient (Wildman–Crippen LogP) is 5.85. The van der Waals surface area contributed by atoms with Crippen LogP contribution in [0.25, 0.3) is 10.9 Å². The summed E-state index contributed by atoms with van der Waals surface area (Å²) in [6, 6.07) is 19.8. The average molecular weight is 581 g/mol. The molecule has 2 atom stereocenters. The molecule has 0 aliphatic heterocycles. The maximum absolute atomic E-state index is 12.6. The topological polar surface area (TPSA) is 76.9 Å². The molecule has 4 rings (SSSR count). The molecule has 4 aromatic rings. The fraction of sp³-hybridized carbons (Fsp3) is 0.333. The first kappa shape index (κ1) is 27.8. The van der Waals surface area contributed by atoms with Crippen LogP contribution in [0.15, 0.2) is 65.1 Å². The van der Waals surface area contributed by atoms with Crippen molar-refractivity contribution < 1.29 is 19.3 Å². The zero-order valence-corrected chi connectivity index (χ0v) is 24.2. The number of aryl methyl sites for hydroxylation is 1. The Kier molecular flexibility index (Phi) is 8.55. The van der Waals surface area contributed by atoms with Crippen LogP contribution in [0.2, 0.25) is 0 Å². The van der Waals surface area contributed by atoms with Gasteiger partial charge in [0.1, 0.15) is 0 Å². The standard InChI is InChI=1S/C30H34BrN3O4/c1-19-7-9-20(10-8-19)26(34(2)3)18-30(35,23-15-27(36-4)33-28(16-23)37-5)17-22-13-21-14-24(31)11-12-25(21)32-29(22)38-6/h7-16,26,35H,17-18H2,1-6H3. The minimum atomic E-state index is -1.35. The maximum Gasteiger partial charge on any atom is 0.216 e. The van der Waals surface area contributed by atoms with Crippen molar-refractivity contribution in [3.8, 4) is 17.6 Å². The lowest BCUT2D eigenvalue weighted by Gasteiger charge is -2.36. The molecule has 0 radical (unpaired) electrons. The summed E-state index contributed by atoms with van der Waals surface area (Å²) < 4.78 is 17.6. The molecule has 8 heteroatoms. The monoisotopic (exact) mass is 579 g/mol. The first-order chi connectivity index (χ1) is 18.1. The number of hydrogen-bond donors (Lipinski definition) is 1. The molecular weight excluding hydrogens is 546 g/mol. The van der Waals surface area contributed by atoms with Crippen LogP contribution in [0, 0.1) is 6.92 Å². The number of hydrogen-bond acceptors (Lipinski definition) is 7. The number of pyridine rings is 2. The van der Waals surface area contributed by atoms with Gasteiger partial charge < -0.3 is 24.2 Å².